The van der Waals surface area contributed by atoms with Crippen LogP contribution in [0.2, 0.25) is 18.1 Å². The van der Waals surface area contributed by atoms with Crippen molar-refractivity contribution in [2.75, 3.05) is 13.2 Å². The van der Waals surface area contributed by atoms with Crippen molar-refractivity contribution >= 4 is 14.4 Å². The Morgan fingerprint density at radius 3 is 2.48 bits per heavy atom. The second kappa shape index (κ2) is 9.59. The Morgan fingerprint density at radius 1 is 1.26 bits per heavy atom. The molecule has 0 aromatic heterocycles. The zero-order valence-corrected chi connectivity index (χ0v) is 21.4. The van der Waals surface area contributed by atoms with Crippen LogP contribution in [-0.2, 0) is 15.6 Å². The average Bonchev–Trinajstić information content (AvgIpc) is 3.08. The molecule has 0 saturated carbocycles. The highest BCUT2D eigenvalue weighted by atomic mass is 28.4. The molecule has 31 heavy (non-hydrogen) atoms. The molecule has 1 fully saturated rings. The number of carbonyl (C=O) groups is 1. The molecule has 2 unspecified atom stereocenters. The quantitative estimate of drug-likeness (QED) is 0.551. The molecule has 1 saturated heterocycles. The number of hydrogen-bond donors (Lipinski definition) is 1. The van der Waals surface area contributed by atoms with Gasteiger partial charge in [-0.3, -0.25) is 0 Å². The van der Waals surface area contributed by atoms with Gasteiger partial charge in [0.15, 0.2) is 8.32 Å². The van der Waals surface area contributed by atoms with Crippen molar-refractivity contribution in [3.63, 3.8) is 0 Å². The van der Waals surface area contributed by atoms with Gasteiger partial charge in [-0.25, -0.2) is 9.18 Å². The van der Waals surface area contributed by atoms with E-state index in [0.29, 0.717) is 31.6 Å². The number of aliphatic hydroxyl groups excluding tert-OH is 1. The first-order chi connectivity index (χ1) is 14.1. The van der Waals surface area contributed by atoms with E-state index in [1.165, 1.54) is 12.1 Å². The zero-order chi connectivity index (χ0) is 23.6. The fraction of sp³-hybridized carbons (Fsp3) is 0.708. The van der Waals surface area contributed by atoms with Crippen LogP contribution >= 0.6 is 0 Å². The molecule has 0 aliphatic carbocycles. The normalized spacial score (nSPS) is 18.9. The van der Waals surface area contributed by atoms with Crippen LogP contribution in [0.4, 0.5) is 9.18 Å². The molecule has 0 radical (unpaired) electrons. The maximum atomic E-state index is 14.0. The minimum absolute atomic E-state index is 0.0923. The predicted octanol–water partition coefficient (Wildman–Crippen LogP) is 5.82. The largest absolute Gasteiger partial charge is 0.444 e. The van der Waals surface area contributed by atoms with E-state index in [2.05, 4.69) is 33.9 Å². The molecule has 1 amide bonds. The van der Waals surface area contributed by atoms with Crippen LogP contribution in [0.5, 0.6) is 0 Å². The number of ether oxygens (including phenoxy) is 1. The maximum absolute atomic E-state index is 14.0. The third kappa shape index (κ3) is 6.77. The molecule has 7 heteroatoms. The highest BCUT2D eigenvalue weighted by Crippen LogP contribution is 2.37. The summed E-state index contributed by atoms with van der Waals surface area (Å²) in [6.07, 6.45) is 0.664. The van der Waals surface area contributed by atoms with E-state index in [0.717, 1.165) is 12.0 Å². The summed E-state index contributed by atoms with van der Waals surface area (Å²) in [5, 5.41) is 11.3. The van der Waals surface area contributed by atoms with Gasteiger partial charge in [-0.15, -0.1) is 0 Å². The maximum Gasteiger partial charge on any atom is 0.410 e. The van der Waals surface area contributed by atoms with Gasteiger partial charge >= 0.3 is 6.09 Å². The molecule has 1 aliphatic heterocycles. The number of aliphatic hydroxyl groups is 1. The van der Waals surface area contributed by atoms with Crippen molar-refractivity contribution in [2.45, 2.75) is 96.7 Å². The Balaban J connectivity index is 2.17. The predicted molar refractivity (Wildman–Crippen MR) is 124 cm³/mol. The minimum Gasteiger partial charge on any atom is -0.444 e. The fourth-order valence-corrected chi connectivity index (χ4v) is 4.63. The van der Waals surface area contributed by atoms with Gasteiger partial charge in [-0.1, -0.05) is 26.8 Å². The summed E-state index contributed by atoms with van der Waals surface area (Å²) in [6, 6.07) is 4.08. The van der Waals surface area contributed by atoms with E-state index < -0.39 is 26.1 Å². The summed E-state index contributed by atoms with van der Waals surface area (Å²) in [4.78, 5) is 14.2. The van der Waals surface area contributed by atoms with Crippen LogP contribution in [0.1, 0.15) is 71.6 Å². The average molecular weight is 454 g/mol. The SMILES string of the molecule is CC(C)(C)OC(=O)N1CCCC1C(O)c1ccc(F)cc1CCO[Si](C)(C)C(C)(C)C. The van der Waals surface area contributed by atoms with E-state index in [4.69, 9.17) is 9.16 Å². The molecule has 1 heterocycles. The Kier molecular flexibility index (Phi) is 7.98. The van der Waals surface area contributed by atoms with Gasteiger partial charge in [-0.05, 0) is 81.4 Å². The number of halogens is 1. The second-order valence-electron chi connectivity index (χ2n) is 11.0. The molecule has 1 aromatic rings. The number of nitrogens with zero attached hydrogens (tertiary/aromatic N) is 1. The first-order valence-electron chi connectivity index (χ1n) is 11.2. The molecular weight excluding hydrogens is 413 g/mol. The number of hydrogen-bond acceptors (Lipinski definition) is 4. The second-order valence-corrected chi connectivity index (χ2v) is 15.8. The Labute approximate surface area is 188 Å². The Morgan fingerprint density at radius 2 is 1.90 bits per heavy atom. The lowest BCUT2D eigenvalue weighted by atomic mass is 9.94. The topological polar surface area (TPSA) is 59.0 Å². The first-order valence-corrected chi connectivity index (χ1v) is 14.1. The van der Waals surface area contributed by atoms with Gasteiger partial charge in [0.2, 0.25) is 0 Å². The van der Waals surface area contributed by atoms with Crippen LogP contribution in [0, 0.1) is 5.82 Å². The summed E-state index contributed by atoms with van der Waals surface area (Å²) in [5.41, 5.74) is 0.778. The molecule has 1 N–H and O–H groups in total. The monoisotopic (exact) mass is 453 g/mol. The van der Waals surface area contributed by atoms with E-state index in [9.17, 15) is 14.3 Å². The smallest absolute Gasteiger partial charge is 0.410 e. The molecule has 0 spiro atoms. The van der Waals surface area contributed by atoms with Crippen LogP contribution in [0.25, 0.3) is 0 Å². The van der Waals surface area contributed by atoms with Gasteiger partial charge in [0.1, 0.15) is 11.4 Å². The molecule has 0 bridgehead atoms. The molecule has 2 rings (SSSR count). The summed E-state index contributed by atoms with van der Waals surface area (Å²) >= 11 is 0. The Bertz CT molecular complexity index is 770. The standard InChI is InChI=1S/C24H40FNO4Si/c1-23(2,3)30-22(28)26-14-9-10-20(26)21(27)19-12-11-18(25)16-17(19)13-15-29-31(7,8)24(4,5)6/h11-12,16,20-21,27H,9-10,13-15H2,1-8H3. The van der Waals surface area contributed by atoms with Crippen molar-refractivity contribution in [2.24, 2.45) is 0 Å². The van der Waals surface area contributed by atoms with Crippen molar-refractivity contribution in [1.29, 1.82) is 0 Å². The molecule has 176 valence electrons. The van der Waals surface area contributed by atoms with Gasteiger partial charge in [-0.2, -0.15) is 0 Å². The molecule has 5 nitrogen and oxygen atoms in total. The fourth-order valence-electron chi connectivity index (χ4n) is 3.59. The summed E-state index contributed by atoms with van der Waals surface area (Å²) in [6.45, 7) is 17.4. The lowest BCUT2D eigenvalue weighted by molar-refractivity contribution is 0.00471. The van der Waals surface area contributed by atoms with E-state index >= 15 is 0 Å². The molecule has 1 aliphatic rings. The zero-order valence-electron chi connectivity index (χ0n) is 20.4. The van der Waals surface area contributed by atoms with Crippen molar-refractivity contribution in [3.05, 3.63) is 35.1 Å². The van der Waals surface area contributed by atoms with E-state index in [-0.39, 0.29) is 16.9 Å². The summed E-state index contributed by atoms with van der Waals surface area (Å²) < 4.78 is 25.8. The summed E-state index contributed by atoms with van der Waals surface area (Å²) in [5.74, 6) is -0.339. The minimum atomic E-state index is -1.92. The van der Waals surface area contributed by atoms with Crippen LogP contribution in [0.3, 0.4) is 0 Å². The molecule has 2 atom stereocenters. The van der Waals surface area contributed by atoms with Gasteiger partial charge in [0.25, 0.3) is 0 Å². The number of rotatable bonds is 6. The molecular formula is C24H40FNO4Si. The highest BCUT2D eigenvalue weighted by Gasteiger charge is 2.39. The molecule has 1 aromatic carbocycles. The van der Waals surface area contributed by atoms with E-state index in [1.54, 1.807) is 11.0 Å². The first kappa shape index (κ1) is 25.8. The van der Waals surface area contributed by atoms with Crippen molar-refractivity contribution < 1.29 is 23.5 Å². The highest BCUT2D eigenvalue weighted by molar-refractivity contribution is 6.74. The number of benzene rings is 1. The van der Waals surface area contributed by atoms with Gasteiger partial charge in [0.05, 0.1) is 12.1 Å². The van der Waals surface area contributed by atoms with Gasteiger partial charge in [0, 0.05) is 13.2 Å². The number of amides is 1. The van der Waals surface area contributed by atoms with E-state index in [1.807, 2.05) is 20.8 Å². The van der Waals surface area contributed by atoms with Crippen LogP contribution in [-0.4, -0.2) is 49.2 Å². The van der Waals surface area contributed by atoms with Crippen LogP contribution in [0.15, 0.2) is 18.2 Å². The number of likely N-dealkylation sites (tertiary alicyclic amines) is 1. The van der Waals surface area contributed by atoms with Crippen molar-refractivity contribution in [1.82, 2.24) is 4.90 Å². The number of carbonyl (C=O) groups excluding carboxylic acids is 1. The summed E-state index contributed by atoms with van der Waals surface area (Å²) in [7, 11) is -1.92. The third-order valence-corrected chi connectivity index (χ3v) is 10.9. The van der Waals surface area contributed by atoms with Gasteiger partial charge < -0.3 is 19.2 Å². The third-order valence-electron chi connectivity index (χ3n) is 6.36. The Hall–Kier alpha value is -1.44. The lowest BCUT2D eigenvalue weighted by Crippen LogP contribution is -2.42. The van der Waals surface area contributed by atoms with Crippen LogP contribution < -0.4 is 0 Å². The lowest BCUT2D eigenvalue weighted by Gasteiger charge is -2.36. The van der Waals surface area contributed by atoms with Crippen molar-refractivity contribution in [3.8, 4) is 0 Å².